The summed E-state index contributed by atoms with van der Waals surface area (Å²) in [5, 5.41) is 2.73. The Labute approximate surface area is 177 Å². The van der Waals surface area contributed by atoms with Gasteiger partial charge in [0.25, 0.3) is 5.91 Å². The summed E-state index contributed by atoms with van der Waals surface area (Å²) in [5.41, 5.74) is 0.436. The van der Waals surface area contributed by atoms with E-state index in [0.29, 0.717) is 24.9 Å². The van der Waals surface area contributed by atoms with Gasteiger partial charge >= 0.3 is 6.61 Å². The molecule has 166 valence electrons. The van der Waals surface area contributed by atoms with Crippen LogP contribution in [0.3, 0.4) is 0 Å². The molecule has 31 heavy (non-hydrogen) atoms. The van der Waals surface area contributed by atoms with Crippen LogP contribution < -0.4 is 10.1 Å². The van der Waals surface area contributed by atoms with Crippen LogP contribution in [0.1, 0.15) is 28.8 Å². The van der Waals surface area contributed by atoms with Gasteiger partial charge in [0, 0.05) is 25.7 Å². The van der Waals surface area contributed by atoms with E-state index in [-0.39, 0.29) is 36.7 Å². The summed E-state index contributed by atoms with van der Waals surface area (Å²) in [7, 11) is 0. The number of hydrogen-bond acceptors (Lipinski definition) is 3. The third-order valence-corrected chi connectivity index (χ3v) is 5.05. The first-order chi connectivity index (χ1) is 14.8. The Kier molecular flexibility index (Phi) is 7.49. The number of alkyl halides is 2. The number of para-hydroxylation sites is 1. The van der Waals surface area contributed by atoms with Crippen LogP contribution >= 0.6 is 0 Å². The molecule has 3 rings (SSSR count). The molecule has 1 unspecified atom stereocenters. The normalized spacial score (nSPS) is 16.3. The first-order valence-corrected chi connectivity index (χ1v) is 9.89. The van der Waals surface area contributed by atoms with Gasteiger partial charge in [0.15, 0.2) is 0 Å². The van der Waals surface area contributed by atoms with Crippen molar-refractivity contribution in [1.29, 1.82) is 0 Å². The van der Waals surface area contributed by atoms with E-state index < -0.39 is 30.1 Å². The fourth-order valence-corrected chi connectivity index (χ4v) is 3.62. The van der Waals surface area contributed by atoms with Crippen LogP contribution in [-0.2, 0) is 11.2 Å². The maximum atomic E-state index is 13.2. The molecule has 1 aliphatic rings. The van der Waals surface area contributed by atoms with Gasteiger partial charge in [0.05, 0.1) is 11.5 Å². The monoisotopic (exact) mass is 438 g/mol. The Morgan fingerprint density at radius 1 is 1.13 bits per heavy atom. The summed E-state index contributed by atoms with van der Waals surface area (Å²) in [6.07, 6.45) is 1.41. The third kappa shape index (κ3) is 6.19. The molecule has 1 atom stereocenters. The molecular formula is C22H22F4N2O3. The van der Waals surface area contributed by atoms with Crippen LogP contribution in [0.2, 0.25) is 0 Å². The lowest BCUT2D eigenvalue weighted by Gasteiger charge is -2.32. The van der Waals surface area contributed by atoms with Gasteiger partial charge in [-0.05, 0) is 49.1 Å². The highest BCUT2D eigenvalue weighted by molar-refractivity contribution is 5.97. The fraction of sp³-hybridized carbons (Fsp3) is 0.364. The Balaban J connectivity index is 1.57. The summed E-state index contributed by atoms with van der Waals surface area (Å²) in [6, 6.07) is 8.93. The van der Waals surface area contributed by atoms with Crippen molar-refractivity contribution in [3.05, 3.63) is 65.2 Å². The lowest BCUT2D eigenvalue weighted by Crippen LogP contribution is -2.45. The number of amides is 2. The standard InChI is InChI=1S/C22H22F4N2O3/c23-16-10-14(11-17(24)12-16)7-8-27-20(29)15-4-3-9-28(13-15)21(30)18-5-1-2-6-19(18)31-22(25)26/h1-2,5-6,10-12,15,22H,3-4,7-9,13H2,(H,27,29). The van der Waals surface area contributed by atoms with Gasteiger partial charge in [-0.2, -0.15) is 8.78 Å². The molecule has 0 saturated carbocycles. The van der Waals surface area contributed by atoms with Gasteiger partial charge in [-0.15, -0.1) is 0 Å². The van der Waals surface area contributed by atoms with Crippen LogP contribution in [0.5, 0.6) is 5.75 Å². The van der Waals surface area contributed by atoms with Crippen molar-refractivity contribution in [3.63, 3.8) is 0 Å². The highest BCUT2D eigenvalue weighted by atomic mass is 19.3. The van der Waals surface area contributed by atoms with Crippen LogP contribution in [0, 0.1) is 17.6 Å². The van der Waals surface area contributed by atoms with E-state index >= 15 is 0 Å². The number of carbonyl (C=O) groups excluding carboxylic acids is 2. The van der Waals surface area contributed by atoms with E-state index in [4.69, 9.17) is 0 Å². The Bertz CT molecular complexity index is 918. The second kappa shape index (κ2) is 10.3. The largest absolute Gasteiger partial charge is 0.434 e. The van der Waals surface area contributed by atoms with Gasteiger partial charge in [-0.3, -0.25) is 9.59 Å². The summed E-state index contributed by atoms with van der Waals surface area (Å²) < 4.78 is 56.2. The Morgan fingerprint density at radius 2 is 1.84 bits per heavy atom. The molecule has 1 heterocycles. The highest BCUT2D eigenvalue weighted by Gasteiger charge is 2.30. The average Bonchev–Trinajstić information content (AvgIpc) is 2.72. The first kappa shape index (κ1) is 22.6. The number of piperidine rings is 1. The van der Waals surface area contributed by atoms with E-state index in [1.807, 2.05) is 0 Å². The first-order valence-electron chi connectivity index (χ1n) is 9.89. The number of benzene rings is 2. The molecule has 2 aromatic rings. The second-order valence-electron chi connectivity index (χ2n) is 7.28. The molecule has 0 radical (unpaired) electrons. The van der Waals surface area contributed by atoms with Gasteiger partial charge < -0.3 is 15.0 Å². The zero-order chi connectivity index (χ0) is 22.4. The molecular weight excluding hydrogens is 416 g/mol. The number of nitrogens with zero attached hydrogens (tertiary/aromatic N) is 1. The zero-order valence-corrected chi connectivity index (χ0v) is 16.6. The molecule has 0 aliphatic carbocycles. The summed E-state index contributed by atoms with van der Waals surface area (Å²) >= 11 is 0. The highest BCUT2D eigenvalue weighted by Crippen LogP contribution is 2.25. The van der Waals surface area contributed by atoms with Gasteiger partial charge in [-0.1, -0.05) is 12.1 Å². The maximum Gasteiger partial charge on any atom is 0.387 e. The van der Waals surface area contributed by atoms with Crippen LogP contribution in [0.25, 0.3) is 0 Å². The molecule has 0 aromatic heterocycles. The van der Waals surface area contributed by atoms with E-state index in [0.717, 1.165) is 6.07 Å². The molecule has 1 aliphatic heterocycles. The van der Waals surface area contributed by atoms with Gasteiger partial charge in [-0.25, -0.2) is 8.78 Å². The molecule has 0 bridgehead atoms. The van der Waals surface area contributed by atoms with Gasteiger partial charge in [0.2, 0.25) is 5.91 Å². The number of likely N-dealkylation sites (tertiary alicyclic amines) is 1. The number of rotatable bonds is 7. The van der Waals surface area contributed by atoms with Crippen molar-refractivity contribution < 1.29 is 31.9 Å². The van der Waals surface area contributed by atoms with Crippen molar-refractivity contribution in [3.8, 4) is 5.75 Å². The minimum Gasteiger partial charge on any atom is -0.434 e. The summed E-state index contributed by atoms with van der Waals surface area (Å²) in [5.74, 6) is -2.80. The molecule has 1 fully saturated rings. The minimum absolute atomic E-state index is 0.0111. The smallest absolute Gasteiger partial charge is 0.387 e. The molecule has 0 spiro atoms. The third-order valence-electron chi connectivity index (χ3n) is 5.05. The average molecular weight is 438 g/mol. The molecule has 1 N–H and O–H groups in total. The SMILES string of the molecule is O=C(NCCc1cc(F)cc(F)c1)C1CCCN(C(=O)c2ccccc2OC(F)F)C1. The van der Waals surface area contributed by atoms with Gasteiger partial charge in [0.1, 0.15) is 17.4 Å². The quantitative estimate of drug-likeness (QED) is 0.670. The van der Waals surface area contributed by atoms with Crippen LogP contribution in [-0.4, -0.2) is 43.0 Å². The Hall–Kier alpha value is -3.10. The zero-order valence-electron chi connectivity index (χ0n) is 16.6. The molecule has 1 saturated heterocycles. The van der Waals surface area contributed by atoms with Crippen molar-refractivity contribution in [2.24, 2.45) is 5.92 Å². The number of hydrogen-bond donors (Lipinski definition) is 1. The topological polar surface area (TPSA) is 58.6 Å². The van der Waals surface area contributed by atoms with E-state index in [1.165, 1.54) is 35.2 Å². The number of carbonyl (C=O) groups is 2. The van der Waals surface area contributed by atoms with E-state index in [2.05, 4.69) is 10.1 Å². The minimum atomic E-state index is -3.06. The predicted octanol–water partition coefficient (Wildman–Crippen LogP) is 3.78. The predicted molar refractivity (Wildman–Crippen MR) is 105 cm³/mol. The molecule has 9 heteroatoms. The summed E-state index contributed by atoms with van der Waals surface area (Å²) in [4.78, 5) is 26.8. The summed E-state index contributed by atoms with van der Waals surface area (Å²) in [6.45, 7) is -2.33. The molecule has 2 aromatic carbocycles. The second-order valence-corrected chi connectivity index (χ2v) is 7.28. The molecule has 2 amide bonds. The van der Waals surface area contributed by atoms with Crippen molar-refractivity contribution >= 4 is 11.8 Å². The molecule has 5 nitrogen and oxygen atoms in total. The Morgan fingerprint density at radius 3 is 2.55 bits per heavy atom. The van der Waals surface area contributed by atoms with Crippen LogP contribution in [0.4, 0.5) is 17.6 Å². The lowest BCUT2D eigenvalue weighted by molar-refractivity contribution is -0.126. The van der Waals surface area contributed by atoms with E-state index in [9.17, 15) is 27.2 Å². The fourth-order valence-electron chi connectivity index (χ4n) is 3.62. The number of halogens is 4. The van der Waals surface area contributed by atoms with Crippen LogP contribution in [0.15, 0.2) is 42.5 Å². The van der Waals surface area contributed by atoms with Crippen molar-refractivity contribution in [2.45, 2.75) is 25.9 Å². The maximum absolute atomic E-state index is 13.2. The van der Waals surface area contributed by atoms with E-state index in [1.54, 1.807) is 6.07 Å². The van der Waals surface area contributed by atoms with Crippen molar-refractivity contribution in [2.75, 3.05) is 19.6 Å². The number of nitrogens with one attached hydrogen (secondary N) is 1. The number of ether oxygens (including phenoxy) is 1. The lowest BCUT2D eigenvalue weighted by atomic mass is 9.96. The van der Waals surface area contributed by atoms with Crippen molar-refractivity contribution in [1.82, 2.24) is 10.2 Å².